The number of nitrogens with one attached hydrogen (secondary N) is 3. The molecule has 8 heteroatoms. The molecular weight excluding hydrogens is 436 g/mol. The molecule has 4 rings (SSSR count). The molecule has 3 amide bonds. The van der Waals surface area contributed by atoms with E-state index in [9.17, 15) is 14.4 Å². The fraction of sp³-hybridized carbons (Fsp3) is 0.280. The van der Waals surface area contributed by atoms with Crippen molar-refractivity contribution in [1.82, 2.24) is 15.6 Å². The number of anilines is 1. The molecule has 0 unspecified atom stereocenters. The number of pyridine rings is 1. The molecule has 7 nitrogen and oxygen atoms in total. The molecule has 1 fully saturated rings. The van der Waals surface area contributed by atoms with Crippen molar-refractivity contribution in [2.45, 2.75) is 37.3 Å². The van der Waals surface area contributed by atoms with Gasteiger partial charge in [-0.05, 0) is 43.0 Å². The minimum atomic E-state index is -0.280. The van der Waals surface area contributed by atoms with Crippen LogP contribution in [0.25, 0.3) is 10.9 Å². The van der Waals surface area contributed by atoms with Crippen molar-refractivity contribution in [3.63, 3.8) is 0 Å². The average Bonchev–Trinajstić information content (AvgIpc) is 3.65. The summed E-state index contributed by atoms with van der Waals surface area (Å²) in [6.07, 6.45) is 2.82. The third-order valence-electron chi connectivity index (χ3n) is 5.32. The highest BCUT2D eigenvalue weighted by molar-refractivity contribution is 7.99. The summed E-state index contributed by atoms with van der Waals surface area (Å²) in [5.74, 6) is -0.588. The Balaban J connectivity index is 1.34. The first-order valence-electron chi connectivity index (χ1n) is 11.0. The van der Waals surface area contributed by atoms with E-state index in [1.165, 1.54) is 11.8 Å². The van der Waals surface area contributed by atoms with Gasteiger partial charge in [0.25, 0.3) is 5.91 Å². The normalized spacial score (nSPS) is 12.9. The number of carbonyl (C=O) groups is 3. The lowest BCUT2D eigenvalue weighted by atomic mass is 10.1. The Bertz CT molecular complexity index is 1190. The minimum Gasteiger partial charge on any atom is -0.349 e. The van der Waals surface area contributed by atoms with Gasteiger partial charge in [0, 0.05) is 17.1 Å². The number of hydrogen-bond acceptors (Lipinski definition) is 5. The topological polar surface area (TPSA) is 100 Å². The molecule has 1 heterocycles. The Morgan fingerprint density at radius 1 is 1.03 bits per heavy atom. The molecule has 1 saturated carbocycles. The lowest BCUT2D eigenvalue weighted by molar-refractivity contribution is -0.122. The van der Waals surface area contributed by atoms with Crippen LogP contribution in [0.4, 0.5) is 5.69 Å². The number of nitrogens with zero attached hydrogens (tertiary/aromatic N) is 1. The zero-order valence-electron chi connectivity index (χ0n) is 18.4. The standard InChI is InChI=1S/C25H26N4O3S/c1-2-16-7-3-5-9-20(16)28-22(30)14-26-23(31)15-33-24-13-19(25(32)27-17-11-12-17)18-8-4-6-10-21(18)29-24/h3-10,13,17H,2,11-12,14-15H2,1H3,(H,26,31)(H,27,32)(H,28,30). The van der Waals surface area contributed by atoms with Crippen molar-refractivity contribution in [2.24, 2.45) is 0 Å². The van der Waals surface area contributed by atoms with Crippen LogP contribution in [-0.4, -0.2) is 41.0 Å². The van der Waals surface area contributed by atoms with E-state index in [0.29, 0.717) is 16.1 Å². The lowest BCUT2D eigenvalue weighted by Gasteiger charge is -2.11. The van der Waals surface area contributed by atoms with E-state index in [4.69, 9.17) is 0 Å². The molecule has 0 atom stereocenters. The molecular formula is C25H26N4O3S. The van der Waals surface area contributed by atoms with Crippen molar-refractivity contribution in [3.8, 4) is 0 Å². The van der Waals surface area contributed by atoms with E-state index >= 15 is 0 Å². The van der Waals surface area contributed by atoms with Crippen molar-refractivity contribution in [1.29, 1.82) is 0 Å². The quantitative estimate of drug-likeness (QED) is 0.423. The molecule has 0 saturated heterocycles. The SMILES string of the molecule is CCc1ccccc1NC(=O)CNC(=O)CSc1cc(C(=O)NC2CC2)c2ccccc2n1. The van der Waals surface area contributed by atoms with E-state index in [0.717, 1.165) is 35.9 Å². The number of aromatic nitrogens is 1. The molecule has 0 radical (unpaired) electrons. The second-order valence-corrected chi connectivity index (χ2v) is 8.89. The number of carbonyl (C=O) groups excluding carboxylic acids is 3. The summed E-state index contributed by atoms with van der Waals surface area (Å²) < 4.78 is 0. The number of para-hydroxylation sites is 2. The summed E-state index contributed by atoms with van der Waals surface area (Å²) in [6.45, 7) is 1.91. The van der Waals surface area contributed by atoms with Crippen LogP contribution in [0.2, 0.25) is 0 Å². The Morgan fingerprint density at radius 2 is 1.79 bits per heavy atom. The Labute approximate surface area is 196 Å². The summed E-state index contributed by atoms with van der Waals surface area (Å²) in [4.78, 5) is 41.8. The third-order valence-corrected chi connectivity index (χ3v) is 6.23. The van der Waals surface area contributed by atoms with Crippen molar-refractivity contribution < 1.29 is 14.4 Å². The molecule has 33 heavy (non-hydrogen) atoms. The first kappa shape index (κ1) is 22.8. The van der Waals surface area contributed by atoms with Crippen molar-refractivity contribution in [2.75, 3.05) is 17.6 Å². The summed E-state index contributed by atoms with van der Waals surface area (Å²) in [5.41, 5.74) is 3.06. The van der Waals surface area contributed by atoms with Gasteiger partial charge in [0.2, 0.25) is 11.8 Å². The lowest BCUT2D eigenvalue weighted by Crippen LogP contribution is -2.34. The maximum absolute atomic E-state index is 12.7. The molecule has 0 aliphatic heterocycles. The monoisotopic (exact) mass is 462 g/mol. The maximum atomic E-state index is 12.7. The third kappa shape index (κ3) is 6.10. The second-order valence-electron chi connectivity index (χ2n) is 7.90. The number of rotatable bonds is 9. The van der Waals surface area contributed by atoms with E-state index < -0.39 is 0 Å². The van der Waals surface area contributed by atoms with Gasteiger partial charge in [0.05, 0.1) is 28.4 Å². The highest BCUT2D eigenvalue weighted by Gasteiger charge is 2.25. The van der Waals surface area contributed by atoms with Crippen LogP contribution in [0.5, 0.6) is 0 Å². The predicted molar refractivity (Wildman–Crippen MR) is 130 cm³/mol. The first-order chi connectivity index (χ1) is 16.0. The Kier molecular flexibility index (Phi) is 7.24. The van der Waals surface area contributed by atoms with Gasteiger partial charge in [-0.25, -0.2) is 4.98 Å². The fourth-order valence-corrected chi connectivity index (χ4v) is 4.16. The first-order valence-corrected chi connectivity index (χ1v) is 12.0. The summed E-state index contributed by atoms with van der Waals surface area (Å²) in [5, 5.41) is 9.86. The molecule has 170 valence electrons. The Hall–Kier alpha value is -3.39. The predicted octanol–water partition coefficient (Wildman–Crippen LogP) is 3.54. The molecule has 1 aromatic heterocycles. The van der Waals surface area contributed by atoms with Crippen LogP contribution in [0, 0.1) is 0 Å². The maximum Gasteiger partial charge on any atom is 0.252 e. The molecule has 0 bridgehead atoms. The highest BCUT2D eigenvalue weighted by Crippen LogP contribution is 2.26. The number of thioether (sulfide) groups is 1. The number of amides is 3. The molecule has 1 aliphatic rings. The Morgan fingerprint density at radius 3 is 2.58 bits per heavy atom. The van der Waals surface area contributed by atoms with Crippen molar-refractivity contribution in [3.05, 3.63) is 65.7 Å². The summed E-state index contributed by atoms with van der Waals surface area (Å²) in [6, 6.07) is 17.0. The van der Waals surface area contributed by atoms with Crippen LogP contribution in [-0.2, 0) is 16.0 Å². The zero-order valence-corrected chi connectivity index (χ0v) is 19.2. The van der Waals surface area contributed by atoms with Gasteiger partial charge >= 0.3 is 0 Å². The largest absolute Gasteiger partial charge is 0.349 e. The van der Waals surface area contributed by atoms with Crippen LogP contribution >= 0.6 is 11.8 Å². The summed E-state index contributed by atoms with van der Waals surface area (Å²) in [7, 11) is 0. The van der Waals surface area contributed by atoms with Crippen LogP contribution in [0.1, 0.15) is 35.7 Å². The molecule has 0 spiro atoms. The zero-order chi connectivity index (χ0) is 23.2. The van der Waals surface area contributed by atoms with Gasteiger partial charge in [-0.3, -0.25) is 14.4 Å². The molecule has 3 N–H and O–H groups in total. The van der Waals surface area contributed by atoms with Gasteiger partial charge in [-0.2, -0.15) is 0 Å². The number of fused-ring (bicyclic) bond motifs is 1. The number of hydrogen-bond donors (Lipinski definition) is 3. The van der Waals surface area contributed by atoms with Gasteiger partial charge < -0.3 is 16.0 Å². The number of aryl methyl sites for hydroxylation is 1. The second kappa shape index (κ2) is 10.5. The van der Waals surface area contributed by atoms with Crippen LogP contribution < -0.4 is 16.0 Å². The fourth-order valence-electron chi connectivity index (χ4n) is 3.42. The molecule has 3 aromatic rings. The van der Waals surface area contributed by atoms with E-state index in [2.05, 4.69) is 20.9 Å². The van der Waals surface area contributed by atoms with Gasteiger partial charge in [0.15, 0.2) is 0 Å². The van der Waals surface area contributed by atoms with Crippen LogP contribution in [0.15, 0.2) is 59.6 Å². The average molecular weight is 463 g/mol. The molecule has 1 aliphatic carbocycles. The minimum absolute atomic E-state index is 0.0911. The van der Waals surface area contributed by atoms with E-state index in [-0.39, 0.29) is 36.1 Å². The van der Waals surface area contributed by atoms with Gasteiger partial charge in [-0.1, -0.05) is 55.1 Å². The van der Waals surface area contributed by atoms with E-state index in [1.54, 1.807) is 6.07 Å². The molecule has 2 aromatic carbocycles. The smallest absolute Gasteiger partial charge is 0.252 e. The summed E-state index contributed by atoms with van der Waals surface area (Å²) >= 11 is 1.24. The van der Waals surface area contributed by atoms with Crippen molar-refractivity contribution >= 4 is 46.1 Å². The number of benzene rings is 2. The highest BCUT2D eigenvalue weighted by atomic mass is 32.2. The van der Waals surface area contributed by atoms with E-state index in [1.807, 2.05) is 55.5 Å². The van der Waals surface area contributed by atoms with Crippen LogP contribution in [0.3, 0.4) is 0 Å². The van der Waals surface area contributed by atoms with Gasteiger partial charge in [-0.15, -0.1) is 0 Å². The van der Waals surface area contributed by atoms with Gasteiger partial charge in [0.1, 0.15) is 0 Å².